The van der Waals surface area contributed by atoms with Crippen LogP contribution < -0.4 is 5.30 Å². The van der Waals surface area contributed by atoms with Crippen LogP contribution in [0.15, 0.2) is 30.3 Å². The number of rotatable bonds is 9. The van der Waals surface area contributed by atoms with Crippen molar-refractivity contribution in [2.24, 2.45) is 5.92 Å². The lowest BCUT2D eigenvalue weighted by molar-refractivity contribution is -0.00830. The van der Waals surface area contributed by atoms with E-state index in [0.717, 1.165) is 103 Å². The summed E-state index contributed by atoms with van der Waals surface area (Å²) in [7, 11) is -5.35. The molecule has 1 aromatic carbocycles. The summed E-state index contributed by atoms with van der Waals surface area (Å²) in [6.45, 7) is 7.58. The lowest BCUT2D eigenvalue weighted by atomic mass is 9.99. The van der Waals surface area contributed by atoms with Crippen molar-refractivity contribution in [2.75, 3.05) is 71.6 Å². The standard InChI is InChI=1S/C25H42NO6PSi2/c1-2-6-25(7-3-1)33(20-4-22-34-27-14-8-24(9-15-28-34)10-16-29-34)21-5-23-35-30-17-11-26(12-18-31-35)13-19-32-35/h1-3,6-7,24H,4-5,8-23H2. The zero-order chi connectivity index (χ0) is 23.8. The Bertz CT molecular complexity index is 681. The fourth-order valence-electron chi connectivity index (χ4n) is 5.57. The van der Waals surface area contributed by atoms with E-state index in [2.05, 4.69) is 35.2 Å². The highest BCUT2D eigenvalue weighted by atomic mass is 31.1. The Morgan fingerprint density at radius 2 is 1.11 bits per heavy atom. The van der Waals surface area contributed by atoms with Gasteiger partial charge in [-0.25, -0.2) is 0 Å². The summed E-state index contributed by atoms with van der Waals surface area (Å²) < 4.78 is 37.7. The van der Waals surface area contributed by atoms with Crippen LogP contribution in [0.25, 0.3) is 0 Å². The molecular weight excluding hydrogens is 497 g/mol. The molecule has 1 unspecified atom stereocenters. The quantitative estimate of drug-likeness (QED) is 0.350. The van der Waals surface area contributed by atoms with Crippen molar-refractivity contribution in [3.8, 4) is 0 Å². The summed E-state index contributed by atoms with van der Waals surface area (Å²) in [6.07, 6.45) is 8.02. The lowest BCUT2D eigenvalue weighted by Crippen LogP contribution is -2.55. The molecule has 6 fully saturated rings. The average Bonchev–Trinajstić information content (AvgIpc) is 2.79. The van der Waals surface area contributed by atoms with Crippen LogP contribution >= 0.6 is 7.92 Å². The fraction of sp³-hybridized carbons (Fsp3) is 0.760. The van der Waals surface area contributed by atoms with Gasteiger partial charge in [0.25, 0.3) is 0 Å². The van der Waals surface area contributed by atoms with Crippen LogP contribution in [0.5, 0.6) is 0 Å². The van der Waals surface area contributed by atoms with Gasteiger partial charge in [0.05, 0.1) is 19.8 Å². The molecule has 7 nitrogen and oxygen atoms in total. The van der Waals surface area contributed by atoms with Crippen molar-refractivity contribution in [2.45, 2.75) is 44.2 Å². The molecule has 0 radical (unpaired) electrons. The third kappa shape index (κ3) is 7.44. The minimum atomic E-state index is -2.55. The van der Waals surface area contributed by atoms with Crippen molar-refractivity contribution in [1.29, 1.82) is 0 Å². The first-order chi connectivity index (χ1) is 17.2. The maximum atomic E-state index is 6.31. The van der Waals surface area contributed by atoms with E-state index in [9.17, 15) is 0 Å². The molecule has 4 bridgehead atoms. The zero-order valence-electron chi connectivity index (χ0n) is 21.0. The van der Waals surface area contributed by atoms with E-state index in [1.54, 1.807) is 0 Å². The Kier molecular flexibility index (Phi) is 9.85. The van der Waals surface area contributed by atoms with Gasteiger partial charge in [-0.15, -0.1) is 0 Å². The van der Waals surface area contributed by atoms with E-state index < -0.39 is 17.6 Å². The molecule has 1 aromatic rings. The van der Waals surface area contributed by atoms with E-state index in [1.807, 2.05) is 0 Å². The monoisotopic (exact) mass is 539 g/mol. The Hall–Kier alpha value is -0.196. The number of hydrogen-bond donors (Lipinski definition) is 0. The van der Waals surface area contributed by atoms with Crippen molar-refractivity contribution < 1.29 is 26.6 Å². The second-order valence-corrected chi connectivity index (χ2v) is 18.0. The molecule has 6 aliphatic heterocycles. The summed E-state index contributed by atoms with van der Waals surface area (Å²) in [5.41, 5.74) is 0. The Labute approximate surface area is 214 Å². The maximum absolute atomic E-state index is 6.31. The third-order valence-electron chi connectivity index (χ3n) is 7.68. The predicted octanol–water partition coefficient (Wildman–Crippen LogP) is 3.69. The second-order valence-electron chi connectivity index (χ2n) is 10.1. The first kappa shape index (κ1) is 26.4. The highest BCUT2D eigenvalue weighted by Crippen LogP contribution is 2.39. The molecule has 0 spiro atoms. The molecule has 196 valence electrons. The number of nitrogens with zero attached hydrogens (tertiary/aromatic N) is 1. The first-order valence-corrected chi connectivity index (χ1v) is 19.2. The van der Waals surface area contributed by atoms with Gasteiger partial charge in [-0.1, -0.05) is 38.3 Å². The van der Waals surface area contributed by atoms with Crippen LogP contribution in [0.4, 0.5) is 0 Å². The largest absolute Gasteiger partial charge is 0.501 e. The van der Waals surface area contributed by atoms with Gasteiger partial charge in [0.15, 0.2) is 0 Å². The van der Waals surface area contributed by atoms with Crippen LogP contribution in [0.1, 0.15) is 32.1 Å². The Morgan fingerprint density at radius 1 is 0.657 bits per heavy atom. The van der Waals surface area contributed by atoms with Crippen LogP contribution in [0.3, 0.4) is 0 Å². The summed E-state index contributed by atoms with van der Waals surface area (Å²) in [4.78, 5) is 2.37. The first-order valence-electron chi connectivity index (χ1n) is 13.6. The topological polar surface area (TPSA) is 58.6 Å². The summed E-state index contributed by atoms with van der Waals surface area (Å²) >= 11 is 0. The molecule has 0 aromatic heterocycles. The molecule has 1 atom stereocenters. The SMILES string of the molecule is c1ccc(P(CCC[Si]23OCCC(CCO2)CCO3)CCC[Si]23OCCN(CCO2)CCO3)cc1. The molecule has 6 aliphatic rings. The molecule has 7 rings (SSSR count). The van der Waals surface area contributed by atoms with E-state index in [0.29, 0.717) is 5.92 Å². The Morgan fingerprint density at radius 3 is 1.60 bits per heavy atom. The third-order valence-corrected chi connectivity index (χ3v) is 16.2. The molecule has 6 saturated heterocycles. The molecule has 0 aliphatic carbocycles. The van der Waals surface area contributed by atoms with Gasteiger partial charge >= 0.3 is 17.6 Å². The van der Waals surface area contributed by atoms with Crippen molar-refractivity contribution in [1.82, 2.24) is 4.90 Å². The van der Waals surface area contributed by atoms with E-state index in [1.165, 1.54) is 17.6 Å². The van der Waals surface area contributed by atoms with E-state index in [-0.39, 0.29) is 7.92 Å². The van der Waals surface area contributed by atoms with Crippen LogP contribution in [0.2, 0.25) is 12.1 Å². The minimum absolute atomic E-state index is 0.274. The number of fused-ring (bicyclic) bond motifs is 12. The molecule has 35 heavy (non-hydrogen) atoms. The molecule has 0 amide bonds. The second kappa shape index (κ2) is 13.0. The van der Waals surface area contributed by atoms with Crippen molar-refractivity contribution in [3.05, 3.63) is 30.3 Å². The highest BCUT2D eigenvalue weighted by molar-refractivity contribution is 7.65. The normalized spacial score (nSPS) is 34.7. The predicted molar refractivity (Wildman–Crippen MR) is 143 cm³/mol. The summed E-state index contributed by atoms with van der Waals surface area (Å²) in [5.74, 6) is 0.697. The number of benzene rings is 1. The van der Waals surface area contributed by atoms with Gasteiger partial charge in [-0.05, 0) is 55.7 Å². The molecule has 0 N–H and O–H groups in total. The van der Waals surface area contributed by atoms with Gasteiger partial charge in [0, 0.05) is 51.5 Å². The van der Waals surface area contributed by atoms with Crippen LogP contribution in [-0.2, 0) is 26.6 Å². The van der Waals surface area contributed by atoms with Gasteiger partial charge in [-0.3, -0.25) is 4.90 Å². The fourth-order valence-corrected chi connectivity index (χ4v) is 13.7. The van der Waals surface area contributed by atoms with E-state index in [4.69, 9.17) is 26.6 Å². The highest BCUT2D eigenvalue weighted by Gasteiger charge is 2.45. The summed E-state index contributed by atoms with van der Waals surface area (Å²) in [6, 6.07) is 12.9. The van der Waals surface area contributed by atoms with Gasteiger partial charge in [0.1, 0.15) is 0 Å². The molecule has 0 saturated carbocycles. The average molecular weight is 540 g/mol. The van der Waals surface area contributed by atoms with Gasteiger partial charge in [0.2, 0.25) is 0 Å². The molecular formula is C25H42NO6PSi2. The smallest absolute Gasteiger partial charge is 0.373 e. The van der Waals surface area contributed by atoms with Gasteiger partial charge < -0.3 is 26.6 Å². The van der Waals surface area contributed by atoms with Crippen molar-refractivity contribution >= 4 is 30.8 Å². The summed E-state index contributed by atoms with van der Waals surface area (Å²) in [5, 5.41) is 1.48. The Balaban J connectivity index is 1.17. The molecule has 6 heterocycles. The maximum Gasteiger partial charge on any atom is 0.501 e. The zero-order valence-corrected chi connectivity index (χ0v) is 23.9. The van der Waals surface area contributed by atoms with Crippen LogP contribution in [-0.4, -0.2) is 94.1 Å². The number of hydrogen-bond acceptors (Lipinski definition) is 7. The lowest BCUT2D eigenvalue weighted by Gasteiger charge is -2.38. The van der Waals surface area contributed by atoms with Crippen molar-refractivity contribution in [3.63, 3.8) is 0 Å². The minimum Gasteiger partial charge on any atom is -0.373 e. The van der Waals surface area contributed by atoms with E-state index >= 15 is 0 Å². The molecule has 10 heteroatoms. The van der Waals surface area contributed by atoms with Gasteiger partial charge in [-0.2, -0.15) is 0 Å². The van der Waals surface area contributed by atoms with Crippen LogP contribution in [0, 0.1) is 5.92 Å².